The van der Waals surface area contributed by atoms with Crippen molar-refractivity contribution in [2.45, 2.75) is 6.92 Å². The van der Waals surface area contributed by atoms with E-state index in [0.29, 0.717) is 5.56 Å². The number of hydrogen-bond donors (Lipinski definition) is 2. The maximum atomic E-state index is 11.9. The zero-order chi connectivity index (χ0) is 17.9. The molecule has 0 saturated heterocycles. The minimum atomic E-state index is -0.735. The molecule has 2 aromatic carbocycles. The number of benzene rings is 2. The van der Waals surface area contributed by atoms with Crippen LogP contribution in [-0.2, 0) is 9.53 Å². The molecule has 126 valence electrons. The highest BCUT2D eigenvalue weighted by molar-refractivity contribution is 6.44. The van der Waals surface area contributed by atoms with Crippen LogP contribution in [0.15, 0.2) is 30.3 Å². The van der Waals surface area contributed by atoms with Crippen molar-refractivity contribution in [1.29, 1.82) is 0 Å². The van der Waals surface area contributed by atoms with Gasteiger partial charge in [0, 0.05) is 0 Å². The number of aromatic hydroxyl groups is 1. The number of esters is 1. The predicted molar refractivity (Wildman–Crippen MR) is 93.2 cm³/mol. The van der Waals surface area contributed by atoms with Crippen LogP contribution in [0.2, 0.25) is 15.1 Å². The van der Waals surface area contributed by atoms with Gasteiger partial charge >= 0.3 is 5.97 Å². The lowest BCUT2D eigenvalue weighted by Gasteiger charge is -2.09. The number of aryl methyl sites for hydroxylation is 1. The summed E-state index contributed by atoms with van der Waals surface area (Å²) in [4.78, 5) is 23.7. The fourth-order valence-electron chi connectivity index (χ4n) is 1.76. The Morgan fingerprint density at radius 2 is 1.75 bits per heavy atom. The Morgan fingerprint density at radius 3 is 2.42 bits per heavy atom. The second-order valence-electron chi connectivity index (χ2n) is 4.87. The van der Waals surface area contributed by atoms with Crippen molar-refractivity contribution < 1.29 is 19.4 Å². The number of halogens is 3. The summed E-state index contributed by atoms with van der Waals surface area (Å²) < 4.78 is 4.89. The first kappa shape index (κ1) is 18.4. The van der Waals surface area contributed by atoms with E-state index in [1.807, 2.05) is 0 Å². The Hall–Kier alpha value is -1.95. The SMILES string of the molecule is Cc1ccc(C(=O)OCC(=O)Nc2cc(Cl)c(Cl)cc2Cl)cc1O. The van der Waals surface area contributed by atoms with Crippen molar-refractivity contribution in [2.75, 3.05) is 11.9 Å². The number of carbonyl (C=O) groups is 2. The lowest BCUT2D eigenvalue weighted by Crippen LogP contribution is -2.21. The van der Waals surface area contributed by atoms with Gasteiger partial charge in [-0.1, -0.05) is 40.9 Å². The summed E-state index contributed by atoms with van der Waals surface area (Å²) in [5.74, 6) is -1.36. The second-order valence-corrected chi connectivity index (χ2v) is 6.09. The highest BCUT2D eigenvalue weighted by atomic mass is 35.5. The van der Waals surface area contributed by atoms with E-state index in [2.05, 4.69) is 5.32 Å². The Kier molecular flexibility index (Phi) is 5.94. The number of ether oxygens (including phenoxy) is 1. The van der Waals surface area contributed by atoms with Gasteiger partial charge in [0.05, 0.1) is 26.3 Å². The van der Waals surface area contributed by atoms with Crippen molar-refractivity contribution in [1.82, 2.24) is 0 Å². The van der Waals surface area contributed by atoms with Crippen molar-refractivity contribution in [3.05, 3.63) is 56.5 Å². The summed E-state index contributed by atoms with van der Waals surface area (Å²) >= 11 is 17.6. The van der Waals surface area contributed by atoms with Gasteiger partial charge in [-0.25, -0.2) is 4.79 Å². The molecule has 0 aliphatic rings. The number of phenolic OH excluding ortho intramolecular Hbond substituents is 1. The number of nitrogens with one attached hydrogen (secondary N) is 1. The van der Waals surface area contributed by atoms with E-state index in [1.54, 1.807) is 13.0 Å². The maximum absolute atomic E-state index is 11.9. The minimum Gasteiger partial charge on any atom is -0.508 e. The summed E-state index contributed by atoms with van der Waals surface area (Å²) in [6.45, 7) is 1.17. The number of carbonyl (C=O) groups excluding carboxylic acids is 2. The van der Waals surface area contributed by atoms with E-state index in [1.165, 1.54) is 24.3 Å². The molecule has 0 aliphatic carbocycles. The monoisotopic (exact) mass is 387 g/mol. The molecule has 0 radical (unpaired) electrons. The highest BCUT2D eigenvalue weighted by Crippen LogP contribution is 2.32. The summed E-state index contributed by atoms with van der Waals surface area (Å²) in [5.41, 5.74) is 1.01. The zero-order valence-electron chi connectivity index (χ0n) is 12.4. The van der Waals surface area contributed by atoms with Crippen LogP contribution in [0.5, 0.6) is 5.75 Å². The molecule has 0 spiro atoms. The molecule has 5 nitrogen and oxygen atoms in total. The summed E-state index contributed by atoms with van der Waals surface area (Å²) in [7, 11) is 0. The lowest BCUT2D eigenvalue weighted by atomic mass is 10.1. The molecular weight excluding hydrogens is 377 g/mol. The van der Waals surface area contributed by atoms with Gasteiger partial charge in [-0.3, -0.25) is 4.79 Å². The summed E-state index contributed by atoms with van der Waals surface area (Å²) in [6, 6.07) is 7.12. The van der Waals surface area contributed by atoms with E-state index in [0.717, 1.165) is 0 Å². The molecule has 2 aromatic rings. The van der Waals surface area contributed by atoms with Crippen LogP contribution in [0, 0.1) is 6.92 Å². The van der Waals surface area contributed by atoms with Crippen LogP contribution in [0.3, 0.4) is 0 Å². The number of amides is 1. The average molecular weight is 389 g/mol. The van der Waals surface area contributed by atoms with Crippen LogP contribution >= 0.6 is 34.8 Å². The first-order chi connectivity index (χ1) is 11.3. The lowest BCUT2D eigenvalue weighted by molar-refractivity contribution is -0.119. The van der Waals surface area contributed by atoms with Crippen LogP contribution in [0.4, 0.5) is 5.69 Å². The van der Waals surface area contributed by atoms with Gasteiger partial charge in [0.2, 0.25) is 0 Å². The Labute approximate surface area is 153 Å². The molecule has 8 heteroatoms. The number of hydrogen-bond acceptors (Lipinski definition) is 4. The molecule has 0 aromatic heterocycles. The molecule has 0 bridgehead atoms. The zero-order valence-corrected chi connectivity index (χ0v) is 14.7. The molecular formula is C16H12Cl3NO4. The number of rotatable bonds is 4. The Bertz CT molecular complexity index is 808. The van der Waals surface area contributed by atoms with Crippen molar-refractivity contribution in [3.8, 4) is 5.75 Å². The van der Waals surface area contributed by atoms with Crippen LogP contribution < -0.4 is 5.32 Å². The Balaban J connectivity index is 1.97. The van der Waals surface area contributed by atoms with Gasteiger partial charge in [-0.15, -0.1) is 0 Å². The molecule has 0 atom stereocenters. The fraction of sp³-hybridized carbons (Fsp3) is 0.125. The van der Waals surface area contributed by atoms with E-state index in [-0.39, 0.29) is 32.1 Å². The molecule has 0 heterocycles. The number of anilines is 1. The first-order valence-corrected chi connectivity index (χ1v) is 7.82. The van der Waals surface area contributed by atoms with Gasteiger partial charge < -0.3 is 15.2 Å². The molecule has 0 aliphatic heterocycles. The normalized spacial score (nSPS) is 10.3. The maximum Gasteiger partial charge on any atom is 0.338 e. The van der Waals surface area contributed by atoms with Crippen molar-refractivity contribution in [2.24, 2.45) is 0 Å². The largest absolute Gasteiger partial charge is 0.508 e. The van der Waals surface area contributed by atoms with E-state index < -0.39 is 18.5 Å². The quantitative estimate of drug-likeness (QED) is 0.599. The standard InChI is InChI=1S/C16H12Cl3NO4/c1-8-2-3-9(4-14(8)21)16(23)24-7-15(22)20-13-6-11(18)10(17)5-12(13)19/h2-6,21H,7H2,1H3,(H,20,22). The van der Waals surface area contributed by atoms with E-state index in [4.69, 9.17) is 39.5 Å². The summed E-state index contributed by atoms with van der Waals surface area (Å²) in [6.07, 6.45) is 0. The van der Waals surface area contributed by atoms with Crippen molar-refractivity contribution in [3.63, 3.8) is 0 Å². The van der Waals surface area contributed by atoms with E-state index in [9.17, 15) is 14.7 Å². The second kappa shape index (κ2) is 7.75. The third-order valence-corrected chi connectivity index (χ3v) is 4.10. The predicted octanol–water partition coefficient (Wildman–Crippen LogP) is 4.46. The van der Waals surface area contributed by atoms with Gasteiger partial charge in [-0.05, 0) is 36.8 Å². The topological polar surface area (TPSA) is 75.6 Å². The van der Waals surface area contributed by atoms with Gasteiger partial charge in [0.25, 0.3) is 5.91 Å². The third kappa shape index (κ3) is 4.54. The number of phenols is 1. The molecule has 24 heavy (non-hydrogen) atoms. The highest BCUT2D eigenvalue weighted by Gasteiger charge is 2.13. The van der Waals surface area contributed by atoms with Crippen molar-refractivity contribution >= 4 is 52.4 Å². The van der Waals surface area contributed by atoms with E-state index >= 15 is 0 Å². The van der Waals surface area contributed by atoms with Gasteiger partial charge in [0.15, 0.2) is 6.61 Å². The molecule has 0 saturated carbocycles. The third-order valence-electron chi connectivity index (χ3n) is 3.06. The van der Waals surface area contributed by atoms with Gasteiger partial charge in [0.1, 0.15) is 5.75 Å². The molecule has 0 unspecified atom stereocenters. The first-order valence-electron chi connectivity index (χ1n) is 6.69. The smallest absolute Gasteiger partial charge is 0.338 e. The fourth-order valence-corrected chi connectivity index (χ4v) is 2.35. The summed E-state index contributed by atoms with van der Waals surface area (Å²) in [5, 5.41) is 12.7. The molecule has 2 rings (SSSR count). The molecule has 2 N–H and O–H groups in total. The minimum absolute atomic E-state index is 0.0310. The average Bonchev–Trinajstić information content (AvgIpc) is 2.53. The van der Waals surface area contributed by atoms with Gasteiger partial charge in [-0.2, -0.15) is 0 Å². The molecule has 0 fully saturated rings. The molecule has 1 amide bonds. The van der Waals surface area contributed by atoms with Crippen LogP contribution in [0.25, 0.3) is 0 Å². The Morgan fingerprint density at radius 1 is 1.08 bits per heavy atom. The van der Waals surface area contributed by atoms with Crippen LogP contribution in [0.1, 0.15) is 15.9 Å². The van der Waals surface area contributed by atoms with Crippen LogP contribution in [-0.4, -0.2) is 23.6 Å².